The average molecular weight is 387 g/mol. The predicted octanol–water partition coefficient (Wildman–Crippen LogP) is 2.44. The zero-order chi connectivity index (χ0) is 19.4. The fourth-order valence-corrected chi connectivity index (χ4v) is 3.60. The lowest BCUT2D eigenvalue weighted by Crippen LogP contribution is -2.32. The Morgan fingerprint density at radius 1 is 1.15 bits per heavy atom. The van der Waals surface area contributed by atoms with E-state index >= 15 is 0 Å². The molecule has 1 N–H and O–H groups in total. The fourth-order valence-electron chi connectivity index (χ4n) is 2.84. The zero-order valence-corrected chi connectivity index (χ0v) is 17.1. The highest BCUT2D eigenvalue weighted by atomic mass is 28.3. The van der Waals surface area contributed by atoms with Crippen molar-refractivity contribution in [3.05, 3.63) is 63.1 Å². The average Bonchev–Trinajstić information content (AvgIpc) is 3.03. The summed E-state index contributed by atoms with van der Waals surface area (Å²) in [6.45, 7) is 8.11. The molecule has 0 unspecified atom stereocenters. The van der Waals surface area contributed by atoms with Gasteiger partial charge in [0, 0.05) is 21.2 Å². The number of rotatable bonds is 8. The van der Waals surface area contributed by atoms with Crippen molar-refractivity contribution in [2.45, 2.75) is 45.4 Å². The van der Waals surface area contributed by atoms with Crippen molar-refractivity contribution in [3.63, 3.8) is 0 Å². The Balaban J connectivity index is 1.80. The second kappa shape index (κ2) is 8.06. The molecule has 1 aromatic carbocycles. The van der Waals surface area contributed by atoms with Gasteiger partial charge in [-0.2, -0.15) is 0 Å². The largest absolute Gasteiger partial charge is 0.361 e. The van der Waals surface area contributed by atoms with Gasteiger partial charge in [-0.1, -0.05) is 50.0 Å². The summed E-state index contributed by atoms with van der Waals surface area (Å²) in [7, 11) is -1.20. The summed E-state index contributed by atoms with van der Waals surface area (Å²) in [5.74, 6) is 0. The van der Waals surface area contributed by atoms with E-state index in [9.17, 15) is 9.59 Å². The van der Waals surface area contributed by atoms with Crippen molar-refractivity contribution >= 4 is 19.2 Å². The van der Waals surface area contributed by atoms with Crippen LogP contribution in [0.3, 0.4) is 0 Å². The van der Waals surface area contributed by atoms with E-state index in [-0.39, 0.29) is 6.73 Å². The molecule has 0 spiro atoms. The first-order chi connectivity index (χ1) is 12.8. The van der Waals surface area contributed by atoms with Gasteiger partial charge in [0.2, 0.25) is 0 Å². The number of imidazole rings is 1. The number of aromatic amines is 1. The molecule has 0 saturated heterocycles. The monoisotopic (exact) mass is 386 g/mol. The topological polar surface area (TPSA) is 81.9 Å². The molecular weight excluding hydrogens is 360 g/mol. The molecule has 0 atom stereocenters. The Morgan fingerprint density at radius 2 is 1.89 bits per heavy atom. The molecule has 0 saturated carbocycles. The molecular formula is C19H26N4O3Si. The summed E-state index contributed by atoms with van der Waals surface area (Å²) in [4.78, 5) is 31.3. The third-order valence-electron chi connectivity index (χ3n) is 4.46. The molecule has 0 amide bonds. The number of hydrogen-bond donors (Lipinski definition) is 1. The van der Waals surface area contributed by atoms with Crippen LogP contribution in [-0.2, 0) is 24.4 Å². The number of aromatic nitrogens is 4. The second-order valence-corrected chi connectivity index (χ2v) is 13.5. The van der Waals surface area contributed by atoms with Crippen LogP contribution in [0.4, 0.5) is 0 Å². The van der Waals surface area contributed by atoms with Crippen LogP contribution in [0.25, 0.3) is 11.2 Å². The van der Waals surface area contributed by atoms with Crippen LogP contribution in [0.15, 0.2) is 46.2 Å². The molecule has 2 heterocycles. The van der Waals surface area contributed by atoms with Crippen molar-refractivity contribution in [3.8, 4) is 0 Å². The van der Waals surface area contributed by atoms with E-state index in [4.69, 9.17) is 4.74 Å². The first-order valence-electron chi connectivity index (χ1n) is 9.15. The van der Waals surface area contributed by atoms with Crippen molar-refractivity contribution in [2.24, 2.45) is 0 Å². The maximum absolute atomic E-state index is 12.3. The smallest absolute Gasteiger partial charge is 0.332 e. The van der Waals surface area contributed by atoms with E-state index in [0.717, 1.165) is 12.5 Å². The van der Waals surface area contributed by atoms with Gasteiger partial charge in [-0.15, -0.1) is 0 Å². The molecule has 2 aromatic heterocycles. The summed E-state index contributed by atoms with van der Waals surface area (Å²) < 4.78 is 8.87. The number of ether oxygens (including phenoxy) is 1. The quantitative estimate of drug-likeness (QED) is 0.476. The van der Waals surface area contributed by atoms with Gasteiger partial charge >= 0.3 is 5.69 Å². The number of benzene rings is 1. The highest BCUT2D eigenvalue weighted by Crippen LogP contribution is 2.10. The van der Waals surface area contributed by atoms with Gasteiger partial charge in [0.1, 0.15) is 6.73 Å². The van der Waals surface area contributed by atoms with Gasteiger partial charge in [0.05, 0.1) is 6.33 Å². The zero-order valence-electron chi connectivity index (χ0n) is 16.1. The third-order valence-corrected chi connectivity index (χ3v) is 6.16. The summed E-state index contributed by atoms with van der Waals surface area (Å²) in [6, 6.07) is 11.1. The van der Waals surface area contributed by atoms with Crippen LogP contribution < -0.4 is 11.2 Å². The summed E-state index contributed by atoms with van der Waals surface area (Å²) >= 11 is 0. The molecule has 7 nitrogen and oxygen atoms in total. The van der Waals surface area contributed by atoms with E-state index in [1.165, 1.54) is 10.1 Å². The number of H-pyrrole nitrogens is 1. The van der Waals surface area contributed by atoms with Gasteiger partial charge in [0.25, 0.3) is 5.56 Å². The number of fused-ring (bicyclic) bond motifs is 1. The van der Waals surface area contributed by atoms with E-state index in [0.29, 0.717) is 24.3 Å². The van der Waals surface area contributed by atoms with Crippen LogP contribution in [0, 0.1) is 0 Å². The van der Waals surface area contributed by atoms with Crippen molar-refractivity contribution in [1.29, 1.82) is 0 Å². The molecule has 8 heteroatoms. The van der Waals surface area contributed by atoms with Gasteiger partial charge < -0.3 is 9.30 Å². The minimum absolute atomic E-state index is 0.0896. The lowest BCUT2D eigenvalue weighted by atomic mass is 10.1. The molecule has 0 aliphatic carbocycles. The molecule has 144 valence electrons. The van der Waals surface area contributed by atoms with Crippen molar-refractivity contribution in [2.75, 3.05) is 6.61 Å². The molecule has 0 radical (unpaired) electrons. The normalized spacial score (nSPS) is 12.0. The first kappa shape index (κ1) is 19.3. The van der Waals surface area contributed by atoms with Crippen LogP contribution in [0.5, 0.6) is 0 Å². The van der Waals surface area contributed by atoms with E-state index in [1.54, 1.807) is 10.9 Å². The Labute approximate surface area is 158 Å². The minimum atomic E-state index is -1.20. The summed E-state index contributed by atoms with van der Waals surface area (Å²) in [5, 5.41) is 0. The summed E-state index contributed by atoms with van der Waals surface area (Å²) in [6.07, 6.45) is 2.39. The van der Waals surface area contributed by atoms with E-state index < -0.39 is 19.3 Å². The standard InChI is InChI=1S/C19H26N4O3Si/c1-27(2,3)12-11-26-14-23-17-16(18(24)21-19(23)25)22(13-20-17)10-9-15-7-5-4-6-8-15/h4-8,13H,9-12,14H2,1-3H3,(H,21,24,25). The highest BCUT2D eigenvalue weighted by Gasteiger charge is 2.15. The van der Waals surface area contributed by atoms with Gasteiger partial charge in [-0.25, -0.2) is 9.78 Å². The number of aryl methyl sites for hydroxylation is 2. The molecule has 0 aliphatic rings. The number of nitrogens with one attached hydrogen (secondary N) is 1. The molecule has 0 fully saturated rings. The lowest BCUT2D eigenvalue weighted by molar-refractivity contribution is 0.0865. The Kier molecular flexibility index (Phi) is 5.76. The lowest BCUT2D eigenvalue weighted by Gasteiger charge is -2.15. The van der Waals surface area contributed by atoms with Gasteiger partial charge in [-0.3, -0.25) is 14.3 Å². The molecule has 3 aromatic rings. The predicted molar refractivity (Wildman–Crippen MR) is 109 cm³/mol. The molecule has 27 heavy (non-hydrogen) atoms. The van der Waals surface area contributed by atoms with Crippen LogP contribution in [-0.4, -0.2) is 33.8 Å². The molecule has 0 bridgehead atoms. The molecule has 3 rings (SSSR count). The maximum atomic E-state index is 12.3. The second-order valence-electron chi connectivity index (χ2n) is 7.88. The van der Waals surface area contributed by atoms with Crippen molar-refractivity contribution < 1.29 is 4.74 Å². The van der Waals surface area contributed by atoms with Crippen LogP contribution >= 0.6 is 0 Å². The number of nitrogens with zero attached hydrogens (tertiary/aromatic N) is 3. The third kappa shape index (κ3) is 4.84. The SMILES string of the molecule is C[Si](C)(C)CCOCn1c(=O)[nH]c(=O)c2c1ncn2CCc1ccccc1. The van der Waals surface area contributed by atoms with Gasteiger partial charge in [-0.05, 0) is 18.0 Å². The van der Waals surface area contributed by atoms with Crippen molar-refractivity contribution in [1.82, 2.24) is 19.1 Å². The van der Waals surface area contributed by atoms with E-state index in [1.807, 2.05) is 30.3 Å². The number of hydrogen-bond acceptors (Lipinski definition) is 4. The van der Waals surface area contributed by atoms with Crippen LogP contribution in [0.2, 0.25) is 25.7 Å². The van der Waals surface area contributed by atoms with E-state index in [2.05, 4.69) is 29.6 Å². The molecule has 0 aliphatic heterocycles. The fraction of sp³-hybridized carbons (Fsp3) is 0.421. The summed E-state index contributed by atoms with van der Waals surface area (Å²) in [5.41, 5.74) is 1.04. The highest BCUT2D eigenvalue weighted by molar-refractivity contribution is 6.76. The minimum Gasteiger partial charge on any atom is -0.361 e. The first-order valence-corrected chi connectivity index (χ1v) is 12.9. The Bertz CT molecular complexity index is 1020. The van der Waals surface area contributed by atoms with Crippen LogP contribution in [0.1, 0.15) is 5.56 Å². The Morgan fingerprint density at radius 3 is 2.59 bits per heavy atom. The van der Waals surface area contributed by atoms with Gasteiger partial charge in [0.15, 0.2) is 11.2 Å². The Hall–Kier alpha value is -2.45. The maximum Gasteiger partial charge on any atom is 0.332 e.